The average Bonchev–Trinajstić information content (AvgIpc) is 3.12. The van der Waals surface area contributed by atoms with Gasteiger partial charge >= 0.3 is 0 Å². The maximum atomic E-state index is 9.39. The second kappa shape index (κ2) is 13.2. The fraction of sp³-hybridized carbons (Fsp3) is 0.667. The van der Waals surface area contributed by atoms with Gasteiger partial charge in [0.05, 0.1) is 19.8 Å². The molecule has 0 aliphatic carbocycles. The Bertz CT molecular complexity index is 590. The Kier molecular flexibility index (Phi) is 11.8. The third-order valence-electron chi connectivity index (χ3n) is 4.75. The maximum absolute atomic E-state index is 9.39. The number of ether oxygens (including phenoxy) is 2. The van der Waals surface area contributed by atoms with E-state index in [9.17, 15) is 5.11 Å². The normalized spacial score (nSPS) is 19.4. The lowest BCUT2D eigenvalue weighted by Gasteiger charge is -2.27. The summed E-state index contributed by atoms with van der Waals surface area (Å²) in [6.07, 6.45) is 1.71. The molecular weight excluding hydrogens is 469 g/mol. The van der Waals surface area contributed by atoms with Crippen molar-refractivity contribution in [3.05, 3.63) is 29.8 Å². The molecule has 0 bridgehead atoms. The molecule has 0 saturated carbocycles. The van der Waals surface area contributed by atoms with Gasteiger partial charge in [-0.25, -0.2) is 4.99 Å². The van der Waals surface area contributed by atoms with Gasteiger partial charge in [-0.05, 0) is 31.7 Å². The number of halogens is 1. The topological polar surface area (TPSA) is 75.1 Å². The van der Waals surface area contributed by atoms with Crippen LogP contribution < -0.4 is 15.4 Å². The zero-order valence-corrected chi connectivity index (χ0v) is 19.7. The molecule has 1 aliphatic rings. The highest BCUT2D eigenvalue weighted by Crippen LogP contribution is 2.31. The number of aliphatic hydroxyl groups excluding tert-OH is 1. The second-order valence-corrected chi connectivity index (χ2v) is 7.64. The van der Waals surface area contributed by atoms with Gasteiger partial charge in [-0.2, -0.15) is 0 Å². The van der Waals surface area contributed by atoms with Crippen LogP contribution in [-0.4, -0.2) is 50.6 Å². The van der Waals surface area contributed by atoms with Gasteiger partial charge in [0, 0.05) is 37.3 Å². The number of guanidine groups is 1. The lowest BCUT2D eigenvalue weighted by molar-refractivity contribution is 0.127. The van der Waals surface area contributed by atoms with Crippen LogP contribution in [0, 0.1) is 11.3 Å². The van der Waals surface area contributed by atoms with Crippen molar-refractivity contribution in [1.29, 1.82) is 0 Å². The van der Waals surface area contributed by atoms with Crippen molar-refractivity contribution in [3.63, 3.8) is 0 Å². The number of rotatable bonds is 10. The largest absolute Gasteiger partial charge is 0.493 e. The Balaban J connectivity index is 0.00000392. The van der Waals surface area contributed by atoms with Crippen LogP contribution in [0.4, 0.5) is 0 Å². The molecule has 0 aromatic heterocycles. The maximum Gasteiger partial charge on any atom is 0.191 e. The van der Waals surface area contributed by atoms with Crippen molar-refractivity contribution in [2.24, 2.45) is 16.3 Å². The molecular formula is C21H36IN3O3. The SMILES string of the molecule is CCNC(=NCc1ccccc1OCC(C)C)NCC1(CCO)CCOC1.I. The number of aliphatic imine (C=N–C) groups is 1. The first-order chi connectivity index (χ1) is 13.1. The number of hydrogen-bond acceptors (Lipinski definition) is 4. The minimum atomic E-state index is -0.0107. The van der Waals surface area contributed by atoms with E-state index >= 15 is 0 Å². The molecule has 1 heterocycles. The van der Waals surface area contributed by atoms with E-state index in [1.165, 1.54) is 0 Å². The van der Waals surface area contributed by atoms with Gasteiger partial charge in [-0.3, -0.25) is 0 Å². The highest BCUT2D eigenvalue weighted by Gasteiger charge is 2.34. The molecule has 1 atom stereocenters. The quantitative estimate of drug-likeness (QED) is 0.259. The van der Waals surface area contributed by atoms with Gasteiger partial charge in [0.15, 0.2) is 5.96 Å². The molecule has 160 valence electrons. The molecule has 7 heteroatoms. The third kappa shape index (κ3) is 8.13. The van der Waals surface area contributed by atoms with Crippen LogP contribution in [0.15, 0.2) is 29.3 Å². The van der Waals surface area contributed by atoms with Crippen molar-refractivity contribution < 1.29 is 14.6 Å². The first kappa shape index (κ1) is 25.0. The first-order valence-electron chi connectivity index (χ1n) is 10.00. The number of benzene rings is 1. The van der Waals surface area contributed by atoms with E-state index < -0.39 is 0 Å². The fourth-order valence-electron chi connectivity index (χ4n) is 3.12. The van der Waals surface area contributed by atoms with E-state index in [1.54, 1.807) is 0 Å². The standard InChI is InChI=1S/C21H35N3O3.HI/c1-4-22-20(24-15-21(9-11-25)10-12-26-16-21)23-13-18-7-5-6-8-19(18)27-14-17(2)3;/h5-8,17,25H,4,9-16H2,1-3H3,(H2,22,23,24);1H. The Hall–Kier alpha value is -1.06. The number of hydrogen-bond donors (Lipinski definition) is 3. The van der Waals surface area contributed by atoms with Gasteiger partial charge in [0.2, 0.25) is 0 Å². The number of nitrogens with zero attached hydrogens (tertiary/aromatic N) is 1. The highest BCUT2D eigenvalue weighted by atomic mass is 127. The number of aliphatic hydroxyl groups is 1. The van der Waals surface area contributed by atoms with E-state index in [4.69, 9.17) is 14.5 Å². The third-order valence-corrected chi connectivity index (χ3v) is 4.75. The molecule has 1 aliphatic heterocycles. The van der Waals surface area contributed by atoms with E-state index in [1.807, 2.05) is 18.2 Å². The molecule has 0 amide bonds. The van der Waals surface area contributed by atoms with E-state index in [0.717, 1.165) is 49.8 Å². The summed E-state index contributed by atoms with van der Waals surface area (Å²) in [5.41, 5.74) is 1.06. The lowest BCUT2D eigenvalue weighted by Crippen LogP contribution is -2.44. The summed E-state index contributed by atoms with van der Waals surface area (Å²) in [6, 6.07) is 8.06. The van der Waals surface area contributed by atoms with Crippen molar-refractivity contribution >= 4 is 29.9 Å². The first-order valence-corrected chi connectivity index (χ1v) is 10.00. The Morgan fingerprint density at radius 1 is 1.32 bits per heavy atom. The van der Waals surface area contributed by atoms with Gasteiger partial charge in [0.25, 0.3) is 0 Å². The molecule has 1 aromatic rings. The molecule has 1 saturated heterocycles. The zero-order valence-electron chi connectivity index (χ0n) is 17.4. The van der Waals surface area contributed by atoms with Gasteiger partial charge in [-0.15, -0.1) is 24.0 Å². The van der Waals surface area contributed by atoms with Gasteiger partial charge in [-0.1, -0.05) is 32.0 Å². The Morgan fingerprint density at radius 2 is 2.11 bits per heavy atom. The summed E-state index contributed by atoms with van der Waals surface area (Å²) >= 11 is 0. The second-order valence-electron chi connectivity index (χ2n) is 7.64. The molecule has 6 nitrogen and oxygen atoms in total. The Labute approximate surface area is 186 Å². The Morgan fingerprint density at radius 3 is 2.75 bits per heavy atom. The van der Waals surface area contributed by atoms with Crippen LogP contribution in [0.1, 0.15) is 39.2 Å². The van der Waals surface area contributed by atoms with E-state index in [0.29, 0.717) is 25.7 Å². The average molecular weight is 505 g/mol. The minimum absolute atomic E-state index is 0. The molecule has 28 heavy (non-hydrogen) atoms. The van der Waals surface area contributed by atoms with Crippen LogP contribution in [0.2, 0.25) is 0 Å². The molecule has 3 N–H and O–H groups in total. The minimum Gasteiger partial charge on any atom is -0.493 e. The predicted octanol–water partition coefficient (Wildman–Crippen LogP) is 3.18. The van der Waals surface area contributed by atoms with Gasteiger partial charge < -0.3 is 25.2 Å². The summed E-state index contributed by atoms with van der Waals surface area (Å²) in [7, 11) is 0. The summed E-state index contributed by atoms with van der Waals surface area (Å²) in [4.78, 5) is 4.73. The van der Waals surface area contributed by atoms with E-state index in [2.05, 4.69) is 37.5 Å². The van der Waals surface area contributed by atoms with Crippen LogP contribution in [0.3, 0.4) is 0 Å². The van der Waals surface area contributed by atoms with Crippen molar-refractivity contribution in [1.82, 2.24) is 10.6 Å². The summed E-state index contributed by atoms with van der Waals surface area (Å²) in [6.45, 7) is 10.7. The van der Waals surface area contributed by atoms with Gasteiger partial charge in [0.1, 0.15) is 5.75 Å². The van der Waals surface area contributed by atoms with Crippen LogP contribution in [-0.2, 0) is 11.3 Å². The summed E-state index contributed by atoms with van der Waals surface area (Å²) in [5.74, 6) is 2.16. The fourth-order valence-corrected chi connectivity index (χ4v) is 3.12. The van der Waals surface area contributed by atoms with Crippen LogP contribution in [0.5, 0.6) is 5.75 Å². The molecule has 1 unspecified atom stereocenters. The molecule has 0 spiro atoms. The number of nitrogens with one attached hydrogen (secondary N) is 2. The van der Waals surface area contributed by atoms with Crippen LogP contribution in [0.25, 0.3) is 0 Å². The molecule has 2 rings (SSSR count). The molecule has 1 aromatic carbocycles. The van der Waals surface area contributed by atoms with Crippen LogP contribution >= 0.6 is 24.0 Å². The highest BCUT2D eigenvalue weighted by molar-refractivity contribution is 14.0. The summed E-state index contributed by atoms with van der Waals surface area (Å²) in [5, 5.41) is 16.1. The monoisotopic (exact) mass is 505 g/mol. The molecule has 0 radical (unpaired) electrons. The van der Waals surface area contributed by atoms with Crippen molar-refractivity contribution in [2.45, 2.75) is 40.2 Å². The van der Waals surface area contributed by atoms with Crippen molar-refractivity contribution in [3.8, 4) is 5.75 Å². The predicted molar refractivity (Wildman–Crippen MR) is 125 cm³/mol. The van der Waals surface area contributed by atoms with E-state index in [-0.39, 0.29) is 36.0 Å². The number of para-hydroxylation sites is 1. The lowest BCUT2D eigenvalue weighted by atomic mass is 9.84. The smallest absolute Gasteiger partial charge is 0.191 e. The molecule has 1 fully saturated rings. The van der Waals surface area contributed by atoms with Crippen molar-refractivity contribution in [2.75, 3.05) is 39.5 Å². The summed E-state index contributed by atoms with van der Waals surface area (Å²) < 4.78 is 11.5. The zero-order chi connectivity index (χ0) is 19.5.